The van der Waals surface area contributed by atoms with Gasteiger partial charge in [0.2, 0.25) is 5.91 Å². The monoisotopic (exact) mass is 989 g/mol. The molecule has 2 N–H and O–H groups in total. The van der Waals surface area contributed by atoms with Gasteiger partial charge in [-0.2, -0.15) is 5.26 Å². The van der Waals surface area contributed by atoms with Gasteiger partial charge in [-0.05, 0) is 163 Å². The third-order valence-corrected chi connectivity index (χ3v) is 13.8. The number of nitrogens with two attached hydrogens (primary N) is 1. The van der Waals surface area contributed by atoms with Crippen molar-refractivity contribution in [3.05, 3.63) is 179 Å². The number of likely N-dealkylation sites (tertiary alicyclic amines) is 2. The number of amides is 3. The summed E-state index contributed by atoms with van der Waals surface area (Å²) in [6.45, 7) is 15.3. The number of nitriles is 1. The third-order valence-electron chi connectivity index (χ3n) is 13.8. The maximum Gasteiger partial charge on any atom is 0.253 e. The van der Waals surface area contributed by atoms with Gasteiger partial charge < -0.3 is 25.3 Å². The SMILES string of the molecule is CCN(CC)C(=O)c1ccc(N(c2cc(C#N)ccc2F)C2CCN(Cc3ccccn3)CC2)cc1.CCN(CC)C(=O)c1ccc(N(c2cc(C(N)=O)ccc2F)C2CCN(Cc3ccccn3)CC2)cc1. The molecule has 0 saturated carbocycles. The molecule has 0 aliphatic carbocycles. The summed E-state index contributed by atoms with van der Waals surface area (Å²) >= 11 is 0. The van der Waals surface area contributed by atoms with Crippen molar-refractivity contribution in [2.24, 2.45) is 5.73 Å². The first-order chi connectivity index (χ1) is 35.4. The summed E-state index contributed by atoms with van der Waals surface area (Å²) in [5.74, 6) is -1.45. The van der Waals surface area contributed by atoms with E-state index in [0.717, 1.165) is 87.7 Å². The number of hydrogen-bond donors (Lipinski definition) is 1. The van der Waals surface area contributed by atoms with E-state index < -0.39 is 11.7 Å². The van der Waals surface area contributed by atoms with E-state index in [0.29, 0.717) is 54.2 Å². The minimum atomic E-state index is -0.605. The summed E-state index contributed by atoms with van der Waals surface area (Å²) in [4.78, 5) is 58.6. The van der Waals surface area contributed by atoms with Crippen LogP contribution in [0.15, 0.2) is 134 Å². The van der Waals surface area contributed by atoms with Gasteiger partial charge in [-0.15, -0.1) is 0 Å². The molecule has 0 unspecified atom stereocenters. The van der Waals surface area contributed by atoms with Gasteiger partial charge in [-0.25, -0.2) is 8.78 Å². The van der Waals surface area contributed by atoms with Crippen molar-refractivity contribution in [2.45, 2.75) is 78.6 Å². The molecule has 0 spiro atoms. The number of anilines is 4. The second-order valence-electron chi connectivity index (χ2n) is 18.3. The summed E-state index contributed by atoms with van der Waals surface area (Å²) in [6.07, 6.45) is 6.88. The average Bonchev–Trinajstić information content (AvgIpc) is 3.42. The lowest BCUT2D eigenvalue weighted by atomic mass is 9.99. The van der Waals surface area contributed by atoms with E-state index in [2.05, 4.69) is 25.8 Å². The van der Waals surface area contributed by atoms with E-state index >= 15 is 8.78 Å². The maximum atomic E-state index is 15.2. The summed E-state index contributed by atoms with van der Waals surface area (Å²) in [7, 11) is 0. The van der Waals surface area contributed by atoms with Crippen LogP contribution in [0.2, 0.25) is 0 Å². The number of pyridine rings is 2. The van der Waals surface area contributed by atoms with Gasteiger partial charge in [0.05, 0.1) is 34.4 Å². The Balaban J connectivity index is 0.000000214. The molecule has 8 rings (SSSR count). The highest BCUT2D eigenvalue weighted by Crippen LogP contribution is 2.37. The highest BCUT2D eigenvalue weighted by Gasteiger charge is 2.31. The van der Waals surface area contributed by atoms with Crippen LogP contribution >= 0.6 is 0 Å². The zero-order chi connectivity index (χ0) is 51.9. The molecule has 3 amide bonds. The quantitative estimate of drug-likeness (QED) is 0.0937. The van der Waals surface area contributed by atoms with Crippen molar-refractivity contribution < 1.29 is 23.2 Å². The van der Waals surface area contributed by atoms with E-state index in [1.165, 1.54) is 30.3 Å². The third kappa shape index (κ3) is 13.5. The first-order valence-corrected chi connectivity index (χ1v) is 25.4. The van der Waals surface area contributed by atoms with E-state index in [1.807, 2.05) is 116 Å². The number of piperidine rings is 2. The fourth-order valence-corrected chi connectivity index (χ4v) is 9.74. The Morgan fingerprint density at radius 1 is 0.575 bits per heavy atom. The van der Waals surface area contributed by atoms with Crippen LogP contribution < -0.4 is 15.5 Å². The summed E-state index contributed by atoms with van der Waals surface area (Å²) < 4.78 is 30.4. The zero-order valence-corrected chi connectivity index (χ0v) is 42.3. The molecule has 0 bridgehead atoms. The summed E-state index contributed by atoms with van der Waals surface area (Å²) in [5, 5.41) is 9.44. The lowest BCUT2D eigenvalue weighted by Gasteiger charge is -2.40. The molecule has 2 aromatic heterocycles. The Morgan fingerprint density at radius 3 is 1.34 bits per heavy atom. The summed E-state index contributed by atoms with van der Waals surface area (Å²) in [6, 6.07) is 37.4. The number of carbonyl (C=O) groups is 3. The normalized spacial score (nSPS) is 14.3. The number of nitrogens with zero attached hydrogens (tertiary/aromatic N) is 9. The molecule has 6 aromatic rings. The van der Waals surface area contributed by atoms with Crippen molar-refractivity contribution in [3.8, 4) is 6.07 Å². The highest BCUT2D eigenvalue weighted by atomic mass is 19.1. The van der Waals surface area contributed by atoms with Crippen molar-refractivity contribution in [3.63, 3.8) is 0 Å². The molecule has 73 heavy (non-hydrogen) atoms. The molecule has 380 valence electrons. The molecule has 0 atom stereocenters. The van der Waals surface area contributed by atoms with Crippen molar-refractivity contribution in [1.82, 2.24) is 29.6 Å². The molecule has 4 aromatic carbocycles. The first kappa shape index (κ1) is 53.3. The molecule has 13 nitrogen and oxygen atoms in total. The van der Waals surface area contributed by atoms with Crippen LogP contribution in [0.4, 0.5) is 31.5 Å². The van der Waals surface area contributed by atoms with E-state index in [-0.39, 0.29) is 35.3 Å². The van der Waals surface area contributed by atoms with Crippen molar-refractivity contribution in [2.75, 3.05) is 62.2 Å². The van der Waals surface area contributed by atoms with Crippen LogP contribution in [-0.2, 0) is 13.1 Å². The summed E-state index contributed by atoms with van der Waals surface area (Å²) in [5.41, 5.74) is 11.7. The Labute approximate surface area is 428 Å². The van der Waals surface area contributed by atoms with Gasteiger partial charge >= 0.3 is 0 Å². The zero-order valence-electron chi connectivity index (χ0n) is 42.3. The molecule has 2 aliphatic rings. The van der Waals surface area contributed by atoms with Crippen LogP contribution in [0.5, 0.6) is 0 Å². The largest absolute Gasteiger partial charge is 0.366 e. The predicted octanol–water partition coefficient (Wildman–Crippen LogP) is 9.98. The average molecular weight is 989 g/mol. The lowest BCUT2D eigenvalue weighted by Crippen LogP contribution is -2.43. The van der Waals surface area contributed by atoms with Crippen LogP contribution in [0, 0.1) is 23.0 Å². The molecular formula is C58H66F2N10O3. The number of hydrogen-bond acceptors (Lipinski definition) is 10. The molecule has 0 radical (unpaired) electrons. The molecule has 15 heteroatoms. The number of benzene rings is 4. The molecule has 2 fully saturated rings. The van der Waals surface area contributed by atoms with Gasteiger partial charge in [-0.1, -0.05) is 12.1 Å². The smallest absolute Gasteiger partial charge is 0.253 e. The Hall–Kier alpha value is -7.54. The van der Waals surface area contributed by atoms with Crippen LogP contribution in [0.1, 0.15) is 101 Å². The van der Waals surface area contributed by atoms with E-state index in [4.69, 9.17) is 5.73 Å². The number of halogens is 2. The van der Waals surface area contributed by atoms with Gasteiger partial charge in [-0.3, -0.25) is 34.2 Å². The number of aromatic nitrogens is 2. The van der Waals surface area contributed by atoms with Gasteiger partial charge in [0, 0.05) is 118 Å². The standard InChI is InChI=1S/C29H34FN5O2.C29H32FN5O/c1-3-34(4-2)29(37)21-8-11-24(12-9-21)35(27-19-22(28(31)36)10-13-26(27)30)25-14-17-33(18-15-25)20-23-7-5-6-16-32-23;1-3-34(4-2)29(36)23-9-11-25(12-10-23)35(28-19-22(20-31)8-13-27(28)30)26-14-17-33(18-15-26)21-24-7-5-6-16-32-24/h5-13,16,19,25H,3-4,14-15,17-18,20H2,1-2H3,(H2,31,36);5-13,16,19,26H,3-4,14-15,17-18,21H2,1-2H3. The van der Waals surface area contributed by atoms with Crippen molar-refractivity contribution in [1.29, 1.82) is 5.26 Å². The topological polar surface area (TPSA) is 146 Å². The first-order valence-electron chi connectivity index (χ1n) is 25.4. The molecule has 2 aliphatic heterocycles. The fourth-order valence-electron chi connectivity index (χ4n) is 9.74. The molecule has 4 heterocycles. The Kier molecular flexibility index (Phi) is 18.8. The van der Waals surface area contributed by atoms with Crippen LogP contribution in [-0.4, -0.2) is 112 Å². The van der Waals surface area contributed by atoms with E-state index in [1.54, 1.807) is 34.2 Å². The Bertz CT molecular complexity index is 2790. The number of rotatable bonds is 17. The van der Waals surface area contributed by atoms with Gasteiger partial charge in [0.1, 0.15) is 11.6 Å². The second-order valence-corrected chi connectivity index (χ2v) is 18.3. The van der Waals surface area contributed by atoms with E-state index in [9.17, 15) is 19.6 Å². The maximum absolute atomic E-state index is 15.2. The second kappa shape index (κ2) is 25.7. The van der Waals surface area contributed by atoms with Crippen LogP contribution in [0.25, 0.3) is 0 Å². The predicted molar refractivity (Wildman–Crippen MR) is 283 cm³/mol. The molecular weight excluding hydrogens is 923 g/mol. The number of primary amides is 1. The minimum absolute atomic E-state index is 0.00180. The highest BCUT2D eigenvalue weighted by molar-refractivity contribution is 5.96. The van der Waals surface area contributed by atoms with Gasteiger partial charge in [0.15, 0.2) is 0 Å². The number of carbonyl (C=O) groups excluding carboxylic acids is 3. The fraction of sp³-hybridized carbons (Fsp3) is 0.345. The van der Waals surface area contributed by atoms with Crippen LogP contribution in [0.3, 0.4) is 0 Å². The lowest BCUT2D eigenvalue weighted by molar-refractivity contribution is 0.0765. The molecule has 2 saturated heterocycles. The Morgan fingerprint density at radius 2 is 0.973 bits per heavy atom. The van der Waals surface area contributed by atoms with Crippen molar-refractivity contribution >= 4 is 40.5 Å². The minimum Gasteiger partial charge on any atom is -0.366 e. The van der Waals surface area contributed by atoms with Gasteiger partial charge in [0.25, 0.3) is 11.8 Å².